The second-order valence-electron chi connectivity index (χ2n) is 3.99. The van der Waals surface area contributed by atoms with Gasteiger partial charge in [-0.05, 0) is 32.4 Å². The van der Waals surface area contributed by atoms with Crippen LogP contribution in [-0.2, 0) is 9.53 Å². The van der Waals surface area contributed by atoms with Crippen molar-refractivity contribution >= 4 is 11.7 Å². The Balaban J connectivity index is 2.62. The third kappa shape index (κ3) is 4.06. The highest BCUT2D eigenvalue weighted by atomic mass is 19.1. The number of ether oxygens (including phenoxy) is 1. The molecule has 1 N–H and O–H groups in total. The fraction of sp³-hybridized carbons (Fsp3) is 0.462. The van der Waals surface area contributed by atoms with E-state index in [2.05, 4.69) is 5.32 Å². The second kappa shape index (κ2) is 6.23. The Bertz CT molecular complexity index is 373. The Morgan fingerprint density at radius 3 is 2.82 bits per heavy atom. The summed E-state index contributed by atoms with van der Waals surface area (Å²) in [7, 11) is 0. The lowest BCUT2D eigenvalue weighted by Gasteiger charge is -2.16. The van der Waals surface area contributed by atoms with Gasteiger partial charge < -0.3 is 10.1 Å². The van der Waals surface area contributed by atoms with E-state index in [9.17, 15) is 9.18 Å². The highest BCUT2D eigenvalue weighted by Gasteiger charge is 2.12. The number of hydrogen-bond acceptors (Lipinski definition) is 3. The maximum atomic E-state index is 13.5. The van der Waals surface area contributed by atoms with Gasteiger partial charge in [-0.2, -0.15) is 0 Å². The molecular weight excluding hydrogens is 221 g/mol. The first-order valence-electron chi connectivity index (χ1n) is 5.71. The molecule has 94 valence electrons. The van der Waals surface area contributed by atoms with Gasteiger partial charge in [0, 0.05) is 6.04 Å². The second-order valence-corrected chi connectivity index (χ2v) is 3.99. The highest BCUT2D eigenvalue weighted by molar-refractivity contribution is 5.70. The van der Waals surface area contributed by atoms with Crippen molar-refractivity contribution in [2.24, 2.45) is 0 Å². The SMILES string of the molecule is CCOC(=O)CC(C)Nc1c(C)cccc1F. The number of para-hydroxylation sites is 1. The van der Waals surface area contributed by atoms with Gasteiger partial charge in [0.05, 0.1) is 18.7 Å². The number of aryl methyl sites for hydroxylation is 1. The normalized spacial score (nSPS) is 12.0. The standard InChI is InChI=1S/C13H18FNO2/c1-4-17-12(16)8-10(3)15-13-9(2)6-5-7-11(13)14/h5-7,10,15H,4,8H2,1-3H3. The van der Waals surface area contributed by atoms with Gasteiger partial charge in [-0.1, -0.05) is 12.1 Å². The van der Waals surface area contributed by atoms with Crippen molar-refractivity contribution in [1.82, 2.24) is 0 Å². The van der Waals surface area contributed by atoms with Crippen LogP contribution in [0.3, 0.4) is 0 Å². The molecule has 0 spiro atoms. The van der Waals surface area contributed by atoms with Crippen LogP contribution in [0.2, 0.25) is 0 Å². The van der Waals surface area contributed by atoms with Crippen molar-refractivity contribution in [2.75, 3.05) is 11.9 Å². The lowest BCUT2D eigenvalue weighted by Crippen LogP contribution is -2.22. The molecule has 3 nitrogen and oxygen atoms in total. The van der Waals surface area contributed by atoms with Crippen LogP contribution < -0.4 is 5.32 Å². The molecule has 0 aliphatic heterocycles. The van der Waals surface area contributed by atoms with Crippen LogP contribution >= 0.6 is 0 Å². The molecule has 1 aromatic rings. The van der Waals surface area contributed by atoms with E-state index in [0.29, 0.717) is 12.3 Å². The zero-order valence-corrected chi connectivity index (χ0v) is 10.4. The third-order valence-electron chi connectivity index (χ3n) is 2.39. The van der Waals surface area contributed by atoms with Crippen molar-refractivity contribution in [3.8, 4) is 0 Å². The Morgan fingerprint density at radius 2 is 2.24 bits per heavy atom. The van der Waals surface area contributed by atoms with Crippen molar-refractivity contribution in [2.45, 2.75) is 33.2 Å². The largest absolute Gasteiger partial charge is 0.466 e. The fourth-order valence-corrected chi connectivity index (χ4v) is 1.58. The van der Waals surface area contributed by atoms with E-state index in [1.54, 1.807) is 13.0 Å². The Labute approximate surface area is 101 Å². The Kier molecular flexibility index (Phi) is 4.94. The van der Waals surface area contributed by atoms with E-state index in [1.807, 2.05) is 19.9 Å². The summed E-state index contributed by atoms with van der Waals surface area (Å²) in [6, 6.07) is 4.71. The quantitative estimate of drug-likeness (QED) is 0.803. The van der Waals surface area contributed by atoms with E-state index < -0.39 is 0 Å². The minimum atomic E-state index is -0.305. The van der Waals surface area contributed by atoms with Crippen LogP contribution in [0, 0.1) is 12.7 Å². The average molecular weight is 239 g/mol. The molecule has 1 aromatic carbocycles. The van der Waals surface area contributed by atoms with Crippen molar-refractivity contribution in [3.05, 3.63) is 29.6 Å². The molecular formula is C13H18FNO2. The van der Waals surface area contributed by atoms with Crippen molar-refractivity contribution in [1.29, 1.82) is 0 Å². The predicted molar refractivity (Wildman–Crippen MR) is 65.5 cm³/mol. The molecule has 1 unspecified atom stereocenters. The zero-order chi connectivity index (χ0) is 12.8. The molecule has 1 atom stereocenters. The molecule has 1 rings (SSSR count). The lowest BCUT2D eigenvalue weighted by atomic mass is 10.1. The highest BCUT2D eigenvalue weighted by Crippen LogP contribution is 2.20. The zero-order valence-electron chi connectivity index (χ0n) is 10.4. The minimum Gasteiger partial charge on any atom is -0.466 e. The summed E-state index contributed by atoms with van der Waals surface area (Å²) in [5, 5.41) is 2.99. The molecule has 4 heteroatoms. The molecule has 0 bridgehead atoms. The van der Waals surface area contributed by atoms with Gasteiger partial charge >= 0.3 is 5.97 Å². The average Bonchev–Trinajstić information content (AvgIpc) is 2.24. The first kappa shape index (κ1) is 13.5. The lowest BCUT2D eigenvalue weighted by molar-refractivity contribution is -0.143. The van der Waals surface area contributed by atoms with Crippen LogP contribution in [0.4, 0.5) is 10.1 Å². The summed E-state index contributed by atoms with van der Waals surface area (Å²) in [5.41, 5.74) is 1.27. The summed E-state index contributed by atoms with van der Waals surface area (Å²) in [6.45, 7) is 5.77. The molecule has 0 amide bonds. The number of rotatable bonds is 5. The van der Waals surface area contributed by atoms with Crippen LogP contribution in [-0.4, -0.2) is 18.6 Å². The first-order valence-corrected chi connectivity index (χ1v) is 5.71. The number of nitrogens with one attached hydrogen (secondary N) is 1. The molecule has 0 heterocycles. The minimum absolute atomic E-state index is 0.162. The topological polar surface area (TPSA) is 38.3 Å². The summed E-state index contributed by atoms with van der Waals surface area (Å²) in [4.78, 5) is 11.3. The van der Waals surface area contributed by atoms with Crippen LogP contribution in [0.15, 0.2) is 18.2 Å². The molecule has 17 heavy (non-hydrogen) atoms. The molecule has 0 aromatic heterocycles. The van der Waals surface area contributed by atoms with Crippen molar-refractivity contribution in [3.63, 3.8) is 0 Å². The van der Waals surface area contributed by atoms with Gasteiger partial charge in [0.2, 0.25) is 0 Å². The molecule has 0 fully saturated rings. The van der Waals surface area contributed by atoms with Crippen LogP contribution in [0.5, 0.6) is 0 Å². The fourth-order valence-electron chi connectivity index (χ4n) is 1.58. The number of anilines is 1. The number of halogens is 1. The van der Waals surface area contributed by atoms with E-state index >= 15 is 0 Å². The summed E-state index contributed by atoms with van der Waals surface area (Å²) in [5.74, 6) is -0.581. The van der Waals surface area contributed by atoms with Gasteiger partial charge in [-0.3, -0.25) is 4.79 Å². The van der Waals surface area contributed by atoms with Gasteiger partial charge in [0.15, 0.2) is 0 Å². The molecule has 0 saturated carbocycles. The molecule has 0 aliphatic carbocycles. The van der Waals surface area contributed by atoms with E-state index in [0.717, 1.165) is 5.56 Å². The summed E-state index contributed by atoms with van der Waals surface area (Å²) >= 11 is 0. The van der Waals surface area contributed by atoms with Gasteiger partial charge in [-0.15, -0.1) is 0 Å². The third-order valence-corrected chi connectivity index (χ3v) is 2.39. The van der Waals surface area contributed by atoms with E-state index in [4.69, 9.17) is 4.74 Å². The number of carbonyl (C=O) groups is 1. The van der Waals surface area contributed by atoms with E-state index in [1.165, 1.54) is 6.07 Å². The maximum Gasteiger partial charge on any atom is 0.307 e. The van der Waals surface area contributed by atoms with Gasteiger partial charge in [-0.25, -0.2) is 4.39 Å². The summed E-state index contributed by atoms with van der Waals surface area (Å²) in [6.07, 6.45) is 0.224. The predicted octanol–water partition coefficient (Wildman–Crippen LogP) is 2.89. The van der Waals surface area contributed by atoms with Gasteiger partial charge in [0.1, 0.15) is 5.82 Å². The van der Waals surface area contributed by atoms with Gasteiger partial charge in [0.25, 0.3) is 0 Å². The number of carbonyl (C=O) groups excluding carboxylic acids is 1. The molecule has 0 saturated heterocycles. The number of esters is 1. The molecule has 0 radical (unpaired) electrons. The Hall–Kier alpha value is -1.58. The summed E-state index contributed by atoms with van der Waals surface area (Å²) < 4.78 is 18.4. The molecule has 0 aliphatic rings. The Morgan fingerprint density at radius 1 is 1.53 bits per heavy atom. The first-order chi connectivity index (χ1) is 8.04. The van der Waals surface area contributed by atoms with Crippen LogP contribution in [0.25, 0.3) is 0 Å². The van der Waals surface area contributed by atoms with Crippen LogP contribution in [0.1, 0.15) is 25.8 Å². The number of hydrogen-bond donors (Lipinski definition) is 1. The van der Waals surface area contributed by atoms with E-state index in [-0.39, 0.29) is 24.2 Å². The maximum absolute atomic E-state index is 13.5. The van der Waals surface area contributed by atoms with Crippen molar-refractivity contribution < 1.29 is 13.9 Å². The smallest absolute Gasteiger partial charge is 0.307 e. The monoisotopic (exact) mass is 239 g/mol. The number of benzene rings is 1.